The van der Waals surface area contributed by atoms with Crippen molar-refractivity contribution in [2.24, 2.45) is 5.73 Å². The van der Waals surface area contributed by atoms with Gasteiger partial charge in [0.05, 0.1) is 18.8 Å². The van der Waals surface area contributed by atoms with Gasteiger partial charge >= 0.3 is 0 Å². The molecule has 3 atom stereocenters. The third-order valence-corrected chi connectivity index (χ3v) is 3.70. The van der Waals surface area contributed by atoms with E-state index in [1.165, 1.54) is 0 Å². The molecule has 2 heterocycles. The molecule has 0 aromatic heterocycles. The third kappa shape index (κ3) is 2.46. The fraction of sp³-hybridized carbons (Fsp3) is 0.917. The fourth-order valence-electron chi connectivity index (χ4n) is 2.49. The number of hydrogen-bond donors (Lipinski definition) is 1. The Hall–Kier alpha value is -0.650. The number of hydrogen-bond acceptors (Lipinski definition) is 4. The molecule has 0 aromatic carbocycles. The summed E-state index contributed by atoms with van der Waals surface area (Å²) in [7, 11) is 0. The van der Waals surface area contributed by atoms with E-state index >= 15 is 0 Å². The lowest BCUT2D eigenvalue weighted by molar-refractivity contribution is -0.162. The van der Waals surface area contributed by atoms with Crippen molar-refractivity contribution in [2.45, 2.75) is 44.4 Å². The normalized spacial score (nSPS) is 38.4. The minimum atomic E-state index is -0.634. The van der Waals surface area contributed by atoms with Crippen LogP contribution in [0, 0.1) is 0 Å². The molecule has 5 heteroatoms. The summed E-state index contributed by atoms with van der Waals surface area (Å²) in [4.78, 5) is 14.4. The van der Waals surface area contributed by atoms with Crippen LogP contribution in [0.25, 0.3) is 0 Å². The van der Waals surface area contributed by atoms with Gasteiger partial charge in [0.25, 0.3) is 5.91 Å². The van der Waals surface area contributed by atoms with Crippen LogP contribution in [0.4, 0.5) is 0 Å². The number of morpholine rings is 1. The van der Waals surface area contributed by atoms with E-state index in [9.17, 15) is 4.79 Å². The summed E-state index contributed by atoms with van der Waals surface area (Å²) >= 11 is 0. The summed E-state index contributed by atoms with van der Waals surface area (Å²) in [5, 5.41) is 0. The molecule has 0 bridgehead atoms. The molecule has 2 saturated heterocycles. The van der Waals surface area contributed by atoms with Crippen molar-refractivity contribution in [2.75, 3.05) is 26.3 Å². The van der Waals surface area contributed by atoms with E-state index in [0.717, 1.165) is 12.8 Å². The minimum Gasteiger partial charge on any atom is -0.373 e. The van der Waals surface area contributed by atoms with Crippen LogP contribution in [0.15, 0.2) is 0 Å². The molecule has 5 nitrogen and oxygen atoms in total. The summed E-state index contributed by atoms with van der Waals surface area (Å²) < 4.78 is 11.2. The van der Waals surface area contributed by atoms with Crippen molar-refractivity contribution in [3.63, 3.8) is 0 Å². The minimum absolute atomic E-state index is 0.0415. The zero-order valence-electron chi connectivity index (χ0n) is 10.6. The highest BCUT2D eigenvalue weighted by atomic mass is 16.5. The Morgan fingerprint density at radius 2 is 2.35 bits per heavy atom. The van der Waals surface area contributed by atoms with E-state index in [2.05, 4.69) is 0 Å². The summed E-state index contributed by atoms with van der Waals surface area (Å²) in [6.45, 7) is 6.17. The SMILES string of the molecule is CC1COC(CN)CN1C(=O)C1(C)CCCO1. The molecular formula is C12H22N2O3. The van der Waals surface area contributed by atoms with Crippen LogP contribution in [0.5, 0.6) is 0 Å². The lowest BCUT2D eigenvalue weighted by Gasteiger charge is -2.41. The molecule has 0 saturated carbocycles. The van der Waals surface area contributed by atoms with Crippen molar-refractivity contribution in [3.05, 3.63) is 0 Å². The van der Waals surface area contributed by atoms with Gasteiger partial charge in [-0.25, -0.2) is 0 Å². The van der Waals surface area contributed by atoms with Crippen molar-refractivity contribution in [1.29, 1.82) is 0 Å². The molecular weight excluding hydrogens is 220 g/mol. The Balaban J connectivity index is 2.06. The first-order valence-corrected chi connectivity index (χ1v) is 6.33. The van der Waals surface area contributed by atoms with Gasteiger partial charge < -0.3 is 20.1 Å². The van der Waals surface area contributed by atoms with E-state index in [-0.39, 0.29) is 18.1 Å². The third-order valence-electron chi connectivity index (χ3n) is 3.70. The monoisotopic (exact) mass is 242 g/mol. The fourth-order valence-corrected chi connectivity index (χ4v) is 2.49. The van der Waals surface area contributed by atoms with Gasteiger partial charge in [-0.3, -0.25) is 4.79 Å². The zero-order valence-corrected chi connectivity index (χ0v) is 10.6. The molecule has 0 aliphatic carbocycles. The summed E-state index contributed by atoms with van der Waals surface area (Å²) in [6.07, 6.45) is 1.73. The van der Waals surface area contributed by atoms with Crippen LogP contribution in [-0.4, -0.2) is 54.9 Å². The molecule has 3 unspecified atom stereocenters. The van der Waals surface area contributed by atoms with Gasteiger partial charge in [0, 0.05) is 19.7 Å². The molecule has 2 fully saturated rings. The molecule has 0 aromatic rings. The van der Waals surface area contributed by atoms with Crippen LogP contribution in [0.2, 0.25) is 0 Å². The van der Waals surface area contributed by atoms with Crippen LogP contribution in [0.1, 0.15) is 26.7 Å². The Morgan fingerprint density at radius 1 is 1.59 bits per heavy atom. The Kier molecular flexibility index (Phi) is 3.70. The predicted octanol–water partition coefficient (Wildman–Crippen LogP) is 0.130. The number of carbonyl (C=O) groups is 1. The molecule has 0 radical (unpaired) electrons. The highest BCUT2D eigenvalue weighted by Gasteiger charge is 2.43. The highest BCUT2D eigenvalue weighted by Crippen LogP contribution is 2.29. The molecule has 0 spiro atoms. The first kappa shape index (κ1) is 12.8. The number of rotatable bonds is 2. The van der Waals surface area contributed by atoms with Crippen molar-refractivity contribution in [1.82, 2.24) is 4.90 Å². The Labute approximate surface area is 102 Å². The maximum absolute atomic E-state index is 12.5. The van der Waals surface area contributed by atoms with Gasteiger partial charge in [-0.2, -0.15) is 0 Å². The second-order valence-corrected chi connectivity index (χ2v) is 5.18. The van der Waals surface area contributed by atoms with Crippen molar-refractivity contribution < 1.29 is 14.3 Å². The zero-order chi connectivity index (χ0) is 12.5. The Bertz CT molecular complexity index is 289. The Morgan fingerprint density at radius 3 is 2.94 bits per heavy atom. The van der Waals surface area contributed by atoms with Gasteiger partial charge in [0.15, 0.2) is 0 Å². The second kappa shape index (κ2) is 4.92. The molecule has 1 amide bonds. The first-order valence-electron chi connectivity index (χ1n) is 6.33. The molecule has 98 valence electrons. The van der Waals surface area contributed by atoms with Gasteiger partial charge in [0.2, 0.25) is 0 Å². The van der Waals surface area contributed by atoms with E-state index in [0.29, 0.717) is 26.3 Å². The molecule has 2 aliphatic rings. The number of nitrogens with zero attached hydrogens (tertiary/aromatic N) is 1. The average Bonchev–Trinajstić information content (AvgIpc) is 2.77. The smallest absolute Gasteiger partial charge is 0.254 e. The summed E-state index contributed by atoms with van der Waals surface area (Å²) in [5.74, 6) is 0.0873. The number of carbonyl (C=O) groups excluding carboxylic acids is 1. The van der Waals surface area contributed by atoms with E-state index in [1.54, 1.807) is 0 Å². The van der Waals surface area contributed by atoms with Crippen molar-refractivity contribution in [3.8, 4) is 0 Å². The van der Waals surface area contributed by atoms with E-state index in [1.807, 2.05) is 18.7 Å². The average molecular weight is 242 g/mol. The van der Waals surface area contributed by atoms with Crippen LogP contribution in [-0.2, 0) is 14.3 Å². The second-order valence-electron chi connectivity index (χ2n) is 5.18. The van der Waals surface area contributed by atoms with Gasteiger partial charge in [-0.1, -0.05) is 0 Å². The van der Waals surface area contributed by atoms with Crippen LogP contribution in [0.3, 0.4) is 0 Å². The molecule has 2 N–H and O–H groups in total. The maximum Gasteiger partial charge on any atom is 0.254 e. The first-order chi connectivity index (χ1) is 8.07. The quantitative estimate of drug-likeness (QED) is 0.747. The standard InChI is InChI=1S/C12H22N2O3/c1-9-8-16-10(6-13)7-14(9)11(15)12(2)4-3-5-17-12/h9-10H,3-8,13H2,1-2H3. The van der Waals surface area contributed by atoms with Gasteiger partial charge in [-0.05, 0) is 26.7 Å². The van der Waals surface area contributed by atoms with Crippen LogP contribution >= 0.6 is 0 Å². The molecule has 17 heavy (non-hydrogen) atoms. The van der Waals surface area contributed by atoms with Gasteiger partial charge in [0.1, 0.15) is 5.60 Å². The maximum atomic E-state index is 12.5. The number of ether oxygens (including phenoxy) is 2. The molecule has 2 aliphatic heterocycles. The largest absolute Gasteiger partial charge is 0.373 e. The number of amides is 1. The van der Waals surface area contributed by atoms with Crippen LogP contribution < -0.4 is 5.73 Å². The lowest BCUT2D eigenvalue weighted by atomic mass is 9.99. The van der Waals surface area contributed by atoms with Gasteiger partial charge in [-0.15, -0.1) is 0 Å². The highest BCUT2D eigenvalue weighted by molar-refractivity contribution is 5.85. The van der Waals surface area contributed by atoms with Crippen molar-refractivity contribution >= 4 is 5.91 Å². The number of nitrogens with two attached hydrogens (primary N) is 1. The summed E-state index contributed by atoms with van der Waals surface area (Å²) in [5.41, 5.74) is 4.97. The topological polar surface area (TPSA) is 64.8 Å². The van der Waals surface area contributed by atoms with E-state index < -0.39 is 5.60 Å². The lowest BCUT2D eigenvalue weighted by Crippen LogP contribution is -2.58. The predicted molar refractivity (Wildman–Crippen MR) is 63.6 cm³/mol. The van der Waals surface area contributed by atoms with E-state index in [4.69, 9.17) is 15.2 Å². The summed E-state index contributed by atoms with van der Waals surface area (Å²) in [6, 6.07) is 0.103. The molecule has 2 rings (SSSR count).